The maximum absolute atomic E-state index is 13.3. The summed E-state index contributed by atoms with van der Waals surface area (Å²) in [6, 6.07) is 0.839. The lowest BCUT2D eigenvalue weighted by Gasteiger charge is -2.36. The predicted molar refractivity (Wildman–Crippen MR) is 109 cm³/mol. The molecule has 2 heterocycles. The molecule has 1 aromatic rings. The monoisotopic (exact) mass is 387 g/mol. The zero-order valence-electron chi connectivity index (χ0n) is 17.6. The van der Waals surface area contributed by atoms with E-state index in [-0.39, 0.29) is 12.0 Å². The van der Waals surface area contributed by atoms with Crippen molar-refractivity contribution in [3.63, 3.8) is 0 Å². The van der Waals surface area contributed by atoms with Crippen molar-refractivity contribution >= 4 is 11.7 Å². The third-order valence-electron chi connectivity index (χ3n) is 6.66. The number of hydrogen-bond acceptors (Lipinski definition) is 6. The van der Waals surface area contributed by atoms with E-state index < -0.39 is 0 Å². The van der Waals surface area contributed by atoms with Crippen LogP contribution in [0.25, 0.3) is 0 Å². The molecule has 7 nitrogen and oxygen atoms in total. The Morgan fingerprint density at radius 1 is 1.14 bits per heavy atom. The number of likely N-dealkylation sites (N-methyl/N-ethyl adjacent to an activating group) is 1. The van der Waals surface area contributed by atoms with Crippen LogP contribution in [0.4, 0.5) is 5.82 Å². The number of aliphatic hydroxyl groups excluding tert-OH is 1. The van der Waals surface area contributed by atoms with Crippen LogP contribution in [-0.2, 0) is 0 Å². The summed E-state index contributed by atoms with van der Waals surface area (Å²) in [4.78, 5) is 29.2. The predicted octanol–water partition coefficient (Wildman–Crippen LogP) is 1.61. The largest absolute Gasteiger partial charge is 0.393 e. The Bertz CT molecular complexity index is 743. The van der Waals surface area contributed by atoms with Gasteiger partial charge in [0.2, 0.25) is 5.82 Å². The molecular formula is C21H33N5O2. The second-order valence-corrected chi connectivity index (χ2v) is 9.11. The van der Waals surface area contributed by atoms with Gasteiger partial charge in [-0.25, -0.2) is 9.97 Å². The number of carbonyl (C=O) groups excluding carboxylic acids is 1. The first-order chi connectivity index (χ1) is 13.3. The molecule has 4 rings (SSSR count). The molecule has 0 bridgehead atoms. The number of rotatable bonds is 6. The van der Waals surface area contributed by atoms with Crippen molar-refractivity contribution in [3.05, 3.63) is 17.1 Å². The fourth-order valence-corrected chi connectivity index (χ4v) is 4.41. The van der Waals surface area contributed by atoms with Crippen LogP contribution in [0.3, 0.4) is 0 Å². The van der Waals surface area contributed by atoms with Crippen LogP contribution in [0.5, 0.6) is 0 Å². The van der Waals surface area contributed by atoms with E-state index in [9.17, 15) is 9.90 Å². The zero-order valence-corrected chi connectivity index (χ0v) is 17.6. The molecule has 0 spiro atoms. The van der Waals surface area contributed by atoms with Gasteiger partial charge in [-0.1, -0.05) is 0 Å². The molecule has 2 saturated carbocycles. The maximum Gasteiger partial charge on any atom is 0.291 e. The molecule has 3 aliphatic rings. The van der Waals surface area contributed by atoms with E-state index in [2.05, 4.69) is 35.8 Å². The second-order valence-electron chi connectivity index (χ2n) is 9.11. The molecule has 7 heteroatoms. The van der Waals surface area contributed by atoms with Crippen LogP contribution in [0.2, 0.25) is 0 Å². The van der Waals surface area contributed by atoms with Crippen molar-refractivity contribution < 1.29 is 9.90 Å². The Morgan fingerprint density at radius 2 is 1.86 bits per heavy atom. The fraction of sp³-hybridized carbons (Fsp3) is 0.762. The van der Waals surface area contributed by atoms with E-state index in [0.29, 0.717) is 23.8 Å². The van der Waals surface area contributed by atoms with Gasteiger partial charge in [0.1, 0.15) is 5.82 Å². The first kappa shape index (κ1) is 19.6. The number of nitrogens with zero attached hydrogens (tertiary/aromatic N) is 5. The van der Waals surface area contributed by atoms with Gasteiger partial charge in [-0.2, -0.15) is 0 Å². The van der Waals surface area contributed by atoms with Gasteiger partial charge in [0, 0.05) is 43.0 Å². The highest BCUT2D eigenvalue weighted by molar-refractivity contribution is 5.91. The minimum absolute atomic E-state index is 0.0448. The number of amides is 1. The fourth-order valence-electron chi connectivity index (χ4n) is 4.41. The molecule has 28 heavy (non-hydrogen) atoms. The average molecular weight is 388 g/mol. The minimum Gasteiger partial charge on any atom is -0.393 e. The molecule has 1 amide bonds. The lowest BCUT2D eigenvalue weighted by Crippen LogP contribution is -2.43. The van der Waals surface area contributed by atoms with Gasteiger partial charge in [-0.15, -0.1) is 0 Å². The summed E-state index contributed by atoms with van der Waals surface area (Å²) in [6.45, 7) is 6.64. The summed E-state index contributed by atoms with van der Waals surface area (Å²) in [5.41, 5.74) is 1.95. The molecule has 1 aromatic heterocycles. The SMILES string of the molecule is Cc1nc(C(=O)N(CC2CC(O)C2)C2CC2)nc(N2CC[C@@H](N(C)C)C2)c1C. The second kappa shape index (κ2) is 7.59. The smallest absolute Gasteiger partial charge is 0.291 e. The van der Waals surface area contributed by atoms with E-state index in [1.165, 1.54) is 0 Å². The van der Waals surface area contributed by atoms with E-state index >= 15 is 0 Å². The topological polar surface area (TPSA) is 72.8 Å². The summed E-state index contributed by atoms with van der Waals surface area (Å²) >= 11 is 0. The quantitative estimate of drug-likeness (QED) is 0.800. The van der Waals surface area contributed by atoms with Crippen molar-refractivity contribution in [2.45, 2.75) is 64.1 Å². The van der Waals surface area contributed by atoms with Gasteiger partial charge < -0.3 is 19.8 Å². The Kier molecular flexibility index (Phi) is 5.31. The normalized spacial score (nSPS) is 27.2. The van der Waals surface area contributed by atoms with Gasteiger partial charge in [-0.05, 0) is 66.0 Å². The number of aryl methyl sites for hydroxylation is 1. The number of anilines is 1. The standard InChI is InChI=1S/C21H33N5O2/c1-13-14(2)22-19(23-20(13)25-8-7-17(12-25)24(3)4)21(28)26(16-5-6-16)11-15-9-18(27)10-15/h15-18,27H,5-12H2,1-4H3/t15?,17-,18?/m1/s1. The van der Waals surface area contributed by atoms with Crippen molar-refractivity contribution in [3.8, 4) is 0 Å². The number of carbonyl (C=O) groups is 1. The summed E-state index contributed by atoms with van der Waals surface area (Å²) < 4.78 is 0. The van der Waals surface area contributed by atoms with E-state index in [1.54, 1.807) is 0 Å². The minimum atomic E-state index is -0.189. The Morgan fingerprint density at radius 3 is 2.43 bits per heavy atom. The molecular weight excluding hydrogens is 354 g/mol. The molecule has 1 saturated heterocycles. The first-order valence-corrected chi connectivity index (χ1v) is 10.6. The zero-order chi connectivity index (χ0) is 20.0. The van der Waals surface area contributed by atoms with Crippen molar-refractivity contribution in [1.82, 2.24) is 19.8 Å². The summed E-state index contributed by atoms with van der Waals surface area (Å²) in [5, 5.41) is 9.59. The third-order valence-corrected chi connectivity index (χ3v) is 6.66. The Labute approximate surface area is 167 Å². The lowest BCUT2D eigenvalue weighted by atomic mass is 9.82. The molecule has 3 fully saturated rings. The highest BCUT2D eigenvalue weighted by atomic mass is 16.3. The van der Waals surface area contributed by atoms with Crippen molar-refractivity contribution in [1.29, 1.82) is 0 Å². The molecule has 1 N–H and O–H groups in total. The highest BCUT2D eigenvalue weighted by Gasteiger charge is 2.39. The number of aliphatic hydroxyl groups is 1. The summed E-state index contributed by atoms with van der Waals surface area (Å²) in [7, 11) is 4.23. The Balaban J connectivity index is 1.55. The molecule has 0 aromatic carbocycles. The molecule has 0 unspecified atom stereocenters. The lowest BCUT2D eigenvalue weighted by molar-refractivity contribution is 0.0211. The maximum atomic E-state index is 13.3. The molecule has 0 radical (unpaired) electrons. The van der Waals surface area contributed by atoms with Crippen molar-refractivity contribution in [2.24, 2.45) is 5.92 Å². The van der Waals surface area contributed by atoms with Gasteiger partial charge >= 0.3 is 0 Å². The third kappa shape index (κ3) is 3.87. The van der Waals surface area contributed by atoms with E-state index in [0.717, 1.165) is 68.8 Å². The van der Waals surface area contributed by atoms with Crippen LogP contribution in [0, 0.1) is 19.8 Å². The van der Waals surface area contributed by atoms with E-state index in [4.69, 9.17) is 4.98 Å². The first-order valence-electron chi connectivity index (χ1n) is 10.6. The molecule has 154 valence electrons. The molecule has 1 atom stereocenters. The molecule has 1 aliphatic heterocycles. The van der Waals surface area contributed by atoms with Gasteiger partial charge in [0.15, 0.2) is 0 Å². The number of hydrogen-bond donors (Lipinski definition) is 1. The highest BCUT2D eigenvalue weighted by Crippen LogP contribution is 2.34. The Hall–Kier alpha value is -1.73. The summed E-state index contributed by atoms with van der Waals surface area (Å²) in [6.07, 6.45) is 4.65. The van der Waals surface area contributed by atoms with Crippen LogP contribution in [0.1, 0.15) is 54.0 Å². The van der Waals surface area contributed by atoms with Gasteiger partial charge in [0.05, 0.1) is 6.10 Å². The van der Waals surface area contributed by atoms with Crippen LogP contribution in [0.15, 0.2) is 0 Å². The molecule has 2 aliphatic carbocycles. The van der Waals surface area contributed by atoms with Gasteiger partial charge in [0.25, 0.3) is 5.91 Å². The van der Waals surface area contributed by atoms with Gasteiger partial charge in [-0.3, -0.25) is 4.79 Å². The van der Waals surface area contributed by atoms with Crippen LogP contribution < -0.4 is 4.90 Å². The summed E-state index contributed by atoms with van der Waals surface area (Å²) in [5.74, 6) is 1.61. The van der Waals surface area contributed by atoms with E-state index in [1.807, 2.05) is 11.8 Å². The average Bonchev–Trinajstić information content (AvgIpc) is 3.34. The number of aromatic nitrogens is 2. The van der Waals surface area contributed by atoms with Crippen molar-refractivity contribution in [2.75, 3.05) is 38.6 Å². The van der Waals surface area contributed by atoms with Crippen LogP contribution >= 0.6 is 0 Å². The van der Waals surface area contributed by atoms with Crippen LogP contribution in [-0.4, -0.2) is 82.7 Å².